The van der Waals surface area contributed by atoms with E-state index in [1.165, 1.54) is 18.2 Å². The highest BCUT2D eigenvalue weighted by atomic mass is 35.5. The van der Waals surface area contributed by atoms with Crippen LogP contribution in [0.1, 0.15) is 30.9 Å². The Bertz CT molecular complexity index is 1010. The lowest BCUT2D eigenvalue weighted by Crippen LogP contribution is -2.49. The lowest BCUT2D eigenvalue weighted by atomic mass is 9.87. The van der Waals surface area contributed by atoms with Gasteiger partial charge in [0, 0.05) is 50.0 Å². The summed E-state index contributed by atoms with van der Waals surface area (Å²) in [4.78, 5) is 13.3. The van der Waals surface area contributed by atoms with E-state index in [2.05, 4.69) is 4.90 Å². The standard InChI is InChI=1S/C25H29ClFNO5/c1-16(24(30)31)10-17-2-4-20(27)12-23(17)32-15-21(29)14-28-8-6-25(7-9-28)13-18-11-19(26)3-5-22(18)33-25/h2-5,11-12,16,21,29H,6-10,13-15H2,1H3,(H,30,31)/t16?,21-/m0/s1. The van der Waals surface area contributed by atoms with Crippen LogP contribution in [0.4, 0.5) is 4.39 Å². The Morgan fingerprint density at radius 1 is 1.27 bits per heavy atom. The fourth-order valence-electron chi connectivity index (χ4n) is 4.61. The van der Waals surface area contributed by atoms with Gasteiger partial charge in [-0.15, -0.1) is 0 Å². The van der Waals surface area contributed by atoms with Crippen molar-refractivity contribution in [2.24, 2.45) is 5.92 Å². The number of rotatable bonds is 8. The zero-order valence-corrected chi connectivity index (χ0v) is 19.4. The second-order valence-corrected chi connectivity index (χ2v) is 9.61. The van der Waals surface area contributed by atoms with Gasteiger partial charge >= 0.3 is 5.97 Å². The molecule has 0 saturated carbocycles. The van der Waals surface area contributed by atoms with E-state index in [4.69, 9.17) is 26.2 Å². The van der Waals surface area contributed by atoms with Gasteiger partial charge in [-0.2, -0.15) is 0 Å². The van der Waals surface area contributed by atoms with E-state index in [0.717, 1.165) is 43.7 Å². The van der Waals surface area contributed by atoms with Gasteiger partial charge in [0.25, 0.3) is 0 Å². The minimum Gasteiger partial charge on any atom is -0.490 e. The van der Waals surface area contributed by atoms with E-state index in [9.17, 15) is 14.3 Å². The van der Waals surface area contributed by atoms with Crippen LogP contribution < -0.4 is 9.47 Å². The SMILES string of the molecule is CC(Cc1ccc(F)cc1OC[C@@H](O)CN1CCC2(CC1)Cc1cc(Cl)ccc1O2)C(=O)O. The third-order valence-electron chi connectivity index (χ3n) is 6.51. The molecule has 2 aromatic carbocycles. The van der Waals surface area contributed by atoms with Crippen molar-refractivity contribution >= 4 is 17.6 Å². The van der Waals surface area contributed by atoms with E-state index < -0.39 is 23.8 Å². The highest BCUT2D eigenvalue weighted by Gasteiger charge is 2.42. The van der Waals surface area contributed by atoms with Crippen LogP contribution in [0.5, 0.6) is 11.5 Å². The quantitative estimate of drug-likeness (QED) is 0.599. The molecule has 8 heteroatoms. The van der Waals surface area contributed by atoms with Gasteiger partial charge in [0.2, 0.25) is 0 Å². The van der Waals surface area contributed by atoms with Crippen molar-refractivity contribution in [3.8, 4) is 11.5 Å². The van der Waals surface area contributed by atoms with Crippen LogP contribution in [0.2, 0.25) is 5.02 Å². The van der Waals surface area contributed by atoms with Crippen molar-refractivity contribution in [3.05, 3.63) is 58.4 Å². The number of halogens is 2. The first-order chi connectivity index (χ1) is 15.7. The summed E-state index contributed by atoms with van der Waals surface area (Å²) in [6, 6.07) is 9.80. The summed E-state index contributed by atoms with van der Waals surface area (Å²) in [7, 11) is 0. The molecule has 178 valence electrons. The fourth-order valence-corrected chi connectivity index (χ4v) is 4.80. The average molecular weight is 478 g/mol. The van der Waals surface area contributed by atoms with Gasteiger partial charge in [0.05, 0.1) is 5.92 Å². The molecular weight excluding hydrogens is 449 g/mol. The Kier molecular flexibility index (Phi) is 7.12. The third-order valence-corrected chi connectivity index (χ3v) is 6.74. The Hall–Kier alpha value is -2.35. The van der Waals surface area contributed by atoms with Gasteiger partial charge < -0.3 is 24.6 Å². The first-order valence-corrected chi connectivity index (χ1v) is 11.6. The van der Waals surface area contributed by atoms with Crippen molar-refractivity contribution in [2.75, 3.05) is 26.2 Å². The first kappa shape index (κ1) is 23.8. The predicted octanol–water partition coefficient (Wildman–Crippen LogP) is 3.95. The third kappa shape index (κ3) is 5.78. The van der Waals surface area contributed by atoms with Gasteiger partial charge in [-0.3, -0.25) is 4.79 Å². The molecule has 0 amide bonds. The monoisotopic (exact) mass is 477 g/mol. The molecule has 1 spiro atoms. The second kappa shape index (κ2) is 9.87. The molecule has 0 aliphatic carbocycles. The summed E-state index contributed by atoms with van der Waals surface area (Å²) < 4.78 is 25.7. The van der Waals surface area contributed by atoms with E-state index in [-0.39, 0.29) is 24.4 Å². The summed E-state index contributed by atoms with van der Waals surface area (Å²) >= 11 is 6.11. The summed E-state index contributed by atoms with van der Waals surface area (Å²) in [6.45, 7) is 3.61. The molecule has 2 aliphatic heterocycles. The normalized spacial score (nSPS) is 19.0. The molecule has 2 aromatic rings. The first-order valence-electron chi connectivity index (χ1n) is 11.2. The number of nitrogens with zero attached hydrogens (tertiary/aromatic N) is 1. The van der Waals surface area contributed by atoms with Crippen molar-refractivity contribution in [2.45, 2.75) is 44.3 Å². The molecule has 0 aromatic heterocycles. The maximum atomic E-state index is 13.7. The minimum absolute atomic E-state index is 0.0000110. The number of fused-ring (bicyclic) bond motifs is 1. The minimum atomic E-state index is -0.925. The molecule has 0 bridgehead atoms. The van der Waals surface area contributed by atoms with Crippen molar-refractivity contribution < 1.29 is 28.9 Å². The summed E-state index contributed by atoms with van der Waals surface area (Å²) in [6.07, 6.45) is 2.03. The van der Waals surface area contributed by atoms with Crippen LogP contribution in [-0.4, -0.2) is 59.0 Å². The topological polar surface area (TPSA) is 79.2 Å². The van der Waals surface area contributed by atoms with Crippen molar-refractivity contribution in [1.82, 2.24) is 4.90 Å². The van der Waals surface area contributed by atoms with Gasteiger partial charge in [0.15, 0.2) is 0 Å². The molecule has 2 aliphatic rings. The van der Waals surface area contributed by atoms with E-state index in [1.54, 1.807) is 6.92 Å². The molecule has 33 heavy (non-hydrogen) atoms. The molecule has 4 rings (SSSR count). The zero-order valence-electron chi connectivity index (χ0n) is 18.6. The molecule has 1 fully saturated rings. The van der Waals surface area contributed by atoms with Crippen LogP contribution in [0.25, 0.3) is 0 Å². The molecule has 1 unspecified atom stereocenters. The number of piperidine rings is 1. The number of β-amino-alcohol motifs (C(OH)–C–C–N with tert-alkyl or cyclic N) is 1. The maximum absolute atomic E-state index is 13.7. The molecule has 2 N–H and O–H groups in total. The maximum Gasteiger partial charge on any atom is 0.306 e. The molecule has 2 atom stereocenters. The summed E-state index contributed by atoms with van der Waals surface area (Å²) in [5.74, 6) is -0.833. The van der Waals surface area contributed by atoms with Gasteiger partial charge in [-0.25, -0.2) is 4.39 Å². The molecule has 2 heterocycles. The van der Waals surface area contributed by atoms with Crippen LogP contribution in [0, 0.1) is 11.7 Å². The summed E-state index contributed by atoms with van der Waals surface area (Å²) in [5, 5.41) is 20.4. The fraction of sp³-hybridized carbons (Fsp3) is 0.480. The Morgan fingerprint density at radius 3 is 2.76 bits per heavy atom. The number of carboxylic acids is 1. The highest BCUT2D eigenvalue weighted by molar-refractivity contribution is 6.30. The molecule has 0 radical (unpaired) electrons. The molecule has 1 saturated heterocycles. The lowest BCUT2D eigenvalue weighted by molar-refractivity contribution is -0.141. The number of hydrogen-bond donors (Lipinski definition) is 2. The number of benzene rings is 2. The largest absolute Gasteiger partial charge is 0.490 e. The molecular formula is C25H29ClFNO5. The Balaban J connectivity index is 1.27. The number of aliphatic hydroxyl groups excluding tert-OH is 1. The van der Waals surface area contributed by atoms with Crippen molar-refractivity contribution in [3.63, 3.8) is 0 Å². The second-order valence-electron chi connectivity index (χ2n) is 9.17. The highest BCUT2D eigenvalue weighted by Crippen LogP contribution is 2.41. The Labute approximate surface area is 197 Å². The number of aliphatic hydroxyl groups is 1. The van der Waals surface area contributed by atoms with Crippen molar-refractivity contribution in [1.29, 1.82) is 0 Å². The number of ether oxygens (including phenoxy) is 2. The number of aliphatic carboxylic acids is 1. The van der Waals surface area contributed by atoms with Crippen LogP contribution in [-0.2, 0) is 17.6 Å². The smallest absolute Gasteiger partial charge is 0.306 e. The van der Waals surface area contributed by atoms with Crippen LogP contribution in [0.3, 0.4) is 0 Å². The zero-order chi connectivity index (χ0) is 23.6. The van der Waals surface area contributed by atoms with E-state index >= 15 is 0 Å². The summed E-state index contributed by atoms with van der Waals surface area (Å²) in [5.41, 5.74) is 1.55. The average Bonchev–Trinajstić information content (AvgIpc) is 3.12. The number of hydrogen-bond acceptors (Lipinski definition) is 5. The van der Waals surface area contributed by atoms with Crippen LogP contribution >= 0.6 is 11.6 Å². The van der Waals surface area contributed by atoms with E-state index in [1.807, 2.05) is 18.2 Å². The Morgan fingerprint density at radius 2 is 2.03 bits per heavy atom. The molecule has 6 nitrogen and oxygen atoms in total. The van der Waals surface area contributed by atoms with Gasteiger partial charge in [-0.1, -0.05) is 24.6 Å². The number of likely N-dealkylation sites (tertiary alicyclic amines) is 1. The lowest BCUT2D eigenvalue weighted by Gasteiger charge is -2.39. The van der Waals surface area contributed by atoms with Gasteiger partial charge in [0.1, 0.15) is 35.6 Å². The van der Waals surface area contributed by atoms with Gasteiger partial charge in [-0.05, 0) is 41.8 Å². The number of carbonyl (C=O) groups is 1. The predicted molar refractivity (Wildman–Crippen MR) is 123 cm³/mol. The van der Waals surface area contributed by atoms with E-state index in [0.29, 0.717) is 17.1 Å². The number of carboxylic acid groups (broad SMARTS) is 1. The van der Waals surface area contributed by atoms with Crippen LogP contribution in [0.15, 0.2) is 36.4 Å².